The monoisotopic (exact) mass is 393 g/mol. The van der Waals surface area contributed by atoms with Crippen molar-refractivity contribution in [2.75, 3.05) is 18.5 Å². The Morgan fingerprint density at radius 2 is 1.75 bits per heavy atom. The fourth-order valence-electron chi connectivity index (χ4n) is 3.19. The maximum absolute atomic E-state index is 12.8. The number of nitrogens with one attached hydrogen (secondary N) is 2. The third-order valence-electron chi connectivity index (χ3n) is 4.38. The minimum Gasteiger partial charge on any atom is -0.454 e. The predicted molar refractivity (Wildman–Crippen MR) is 98.8 cm³/mol. The van der Waals surface area contributed by atoms with E-state index in [1.807, 2.05) is 13.8 Å². The van der Waals surface area contributed by atoms with Crippen LogP contribution in [-0.4, -0.2) is 47.4 Å². The highest BCUT2D eigenvalue weighted by Crippen LogP contribution is 2.27. The smallest absolute Gasteiger partial charge is 0.326 e. The van der Waals surface area contributed by atoms with Crippen molar-refractivity contribution in [2.24, 2.45) is 0 Å². The van der Waals surface area contributed by atoms with E-state index in [9.17, 15) is 23.6 Å². The summed E-state index contributed by atoms with van der Waals surface area (Å²) in [7, 11) is 0. The molecule has 2 N–H and O–H groups in total. The number of esters is 1. The van der Waals surface area contributed by atoms with Crippen molar-refractivity contribution in [1.82, 2.24) is 10.2 Å². The number of carbonyl (C=O) groups excluding carboxylic acids is 4. The van der Waals surface area contributed by atoms with E-state index in [0.717, 1.165) is 4.90 Å². The molecule has 1 aliphatic rings. The highest BCUT2D eigenvalue weighted by Gasteiger charge is 2.50. The number of benzene rings is 1. The molecule has 0 radical (unpaired) electrons. The maximum Gasteiger partial charge on any atom is 0.326 e. The summed E-state index contributed by atoms with van der Waals surface area (Å²) in [6.07, 6.45) is 2.37. The topological polar surface area (TPSA) is 105 Å². The van der Waals surface area contributed by atoms with Crippen molar-refractivity contribution < 1.29 is 28.3 Å². The van der Waals surface area contributed by atoms with Gasteiger partial charge in [-0.1, -0.05) is 26.7 Å². The predicted octanol–water partition coefficient (Wildman–Crippen LogP) is 2.20. The summed E-state index contributed by atoms with van der Waals surface area (Å²) in [4.78, 5) is 49.5. The van der Waals surface area contributed by atoms with Crippen LogP contribution in [-0.2, 0) is 19.1 Å². The number of urea groups is 1. The minimum atomic E-state index is -0.985. The van der Waals surface area contributed by atoms with Crippen molar-refractivity contribution >= 4 is 29.5 Å². The van der Waals surface area contributed by atoms with E-state index in [-0.39, 0.29) is 0 Å². The molecule has 1 saturated heterocycles. The van der Waals surface area contributed by atoms with E-state index >= 15 is 0 Å². The van der Waals surface area contributed by atoms with Crippen LogP contribution in [0.3, 0.4) is 0 Å². The van der Waals surface area contributed by atoms with Crippen LogP contribution in [0.5, 0.6) is 0 Å². The Hall–Kier alpha value is -2.97. The average Bonchev–Trinajstić information content (AvgIpc) is 2.87. The van der Waals surface area contributed by atoms with Gasteiger partial charge < -0.3 is 15.4 Å². The minimum absolute atomic E-state index is 0.348. The van der Waals surface area contributed by atoms with Gasteiger partial charge in [-0.05, 0) is 37.1 Å². The fourth-order valence-corrected chi connectivity index (χ4v) is 3.19. The summed E-state index contributed by atoms with van der Waals surface area (Å²) in [6, 6.07) is 4.45. The first-order valence-electron chi connectivity index (χ1n) is 9.16. The van der Waals surface area contributed by atoms with Crippen LogP contribution in [0.15, 0.2) is 24.3 Å². The Morgan fingerprint density at radius 3 is 2.32 bits per heavy atom. The van der Waals surface area contributed by atoms with Crippen molar-refractivity contribution in [3.05, 3.63) is 30.1 Å². The van der Waals surface area contributed by atoms with Crippen LogP contribution in [0.1, 0.15) is 39.5 Å². The molecule has 1 heterocycles. The number of halogens is 1. The largest absolute Gasteiger partial charge is 0.454 e. The molecule has 8 nitrogen and oxygen atoms in total. The van der Waals surface area contributed by atoms with Gasteiger partial charge in [0.1, 0.15) is 17.9 Å². The molecule has 1 aliphatic heterocycles. The van der Waals surface area contributed by atoms with Gasteiger partial charge >= 0.3 is 12.0 Å². The summed E-state index contributed by atoms with van der Waals surface area (Å²) in [6.45, 7) is 2.67. The molecule has 2 rings (SSSR count). The second-order valence-corrected chi connectivity index (χ2v) is 6.62. The second-order valence-electron chi connectivity index (χ2n) is 6.62. The lowest BCUT2D eigenvalue weighted by molar-refractivity contribution is -0.150. The molecule has 28 heavy (non-hydrogen) atoms. The molecule has 0 bridgehead atoms. The zero-order chi connectivity index (χ0) is 20.7. The number of rotatable bonds is 9. The number of hydrogen-bond acceptors (Lipinski definition) is 5. The first-order valence-corrected chi connectivity index (χ1v) is 9.16. The molecule has 0 aliphatic carbocycles. The molecular formula is C19H24FN3O5. The summed E-state index contributed by atoms with van der Waals surface area (Å²) < 4.78 is 17.7. The van der Waals surface area contributed by atoms with Crippen molar-refractivity contribution in [2.45, 2.75) is 45.1 Å². The highest BCUT2D eigenvalue weighted by molar-refractivity contribution is 6.08. The number of ether oxygens (including phenoxy) is 1. The van der Waals surface area contributed by atoms with E-state index in [2.05, 4.69) is 10.6 Å². The first-order chi connectivity index (χ1) is 13.3. The van der Waals surface area contributed by atoms with Gasteiger partial charge in [0, 0.05) is 5.69 Å². The molecule has 0 atom stereocenters. The summed E-state index contributed by atoms with van der Waals surface area (Å²) in [5, 5.41) is 5.14. The van der Waals surface area contributed by atoms with E-state index in [1.165, 1.54) is 24.3 Å². The summed E-state index contributed by atoms with van der Waals surface area (Å²) in [5.41, 5.74) is -0.638. The number of amides is 4. The lowest BCUT2D eigenvalue weighted by atomic mass is 9.88. The van der Waals surface area contributed by atoms with Gasteiger partial charge in [0.15, 0.2) is 6.61 Å². The third kappa shape index (κ3) is 5.05. The highest BCUT2D eigenvalue weighted by atomic mass is 19.1. The molecule has 1 fully saturated rings. The van der Waals surface area contributed by atoms with Crippen LogP contribution < -0.4 is 10.6 Å². The van der Waals surface area contributed by atoms with E-state index in [1.54, 1.807) is 0 Å². The Bertz CT molecular complexity index is 744. The lowest BCUT2D eigenvalue weighted by Gasteiger charge is -2.25. The van der Waals surface area contributed by atoms with Crippen molar-refractivity contribution in [1.29, 1.82) is 0 Å². The lowest BCUT2D eigenvalue weighted by Crippen LogP contribution is -2.47. The quantitative estimate of drug-likeness (QED) is 0.494. The van der Waals surface area contributed by atoms with E-state index in [0.29, 0.717) is 31.4 Å². The standard InChI is InChI=1S/C19H24FN3O5/c1-3-9-19(10-4-2)17(26)23(18(27)22-19)11-16(25)28-12-15(24)21-14-7-5-13(20)6-8-14/h5-8H,3-4,9-12H2,1-2H3,(H,21,24)(H,22,27). The normalized spacial score (nSPS) is 15.3. The number of anilines is 1. The zero-order valence-corrected chi connectivity index (χ0v) is 15.9. The number of nitrogens with zero attached hydrogens (tertiary/aromatic N) is 1. The van der Waals surface area contributed by atoms with Gasteiger partial charge in [-0.25, -0.2) is 9.18 Å². The molecule has 0 saturated carbocycles. The first kappa shape index (κ1) is 21.3. The average molecular weight is 393 g/mol. The number of hydrogen-bond donors (Lipinski definition) is 2. The number of carbonyl (C=O) groups is 4. The van der Waals surface area contributed by atoms with Crippen LogP contribution in [0.4, 0.5) is 14.9 Å². The summed E-state index contributed by atoms with van der Waals surface area (Å²) >= 11 is 0. The second kappa shape index (κ2) is 9.29. The van der Waals surface area contributed by atoms with Crippen molar-refractivity contribution in [3.63, 3.8) is 0 Å². The van der Waals surface area contributed by atoms with E-state index in [4.69, 9.17) is 4.74 Å². The van der Waals surface area contributed by atoms with E-state index < -0.39 is 48.3 Å². The maximum atomic E-state index is 12.8. The zero-order valence-electron chi connectivity index (χ0n) is 15.9. The van der Waals surface area contributed by atoms with Crippen LogP contribution in [0.2, 0.25) is 0 Å². The molecule has 1 aromatic rings. The molecule has 0 aromatic heterocycles. The molecular weight excluding hydrogens is 369 g/mol. The van der Waals surface area contributed by atoms with Gasteiger partial charge in [-0.15, -0.1) is 0 Å². The molecule has 152 valence electrons. The molecule has 0 spiro atoms. The van der Waals surface area contributed by atoms with Crippen LogP contribution in [0, 0.1) is 5.82 Å². The third-order valence-corrected chi connectivity index (χ3v) is 4.38. The Labute approximate surface area is 162 Å². The Morgan fingerprint density at radius 1 is 1.14 bits per heavy atom. The Balaban J connectivity index is 1.88. The van der Waals surface area contributed by atoms with Gasteiger partial charge in [-0.3, -0.25) is 19.3 Å². The SMILES string of the molecule is CCCC1(CCC)NC(=O)N(CC(=O)OCC(=O)Nc2ccc(F)cc2)C1=O. The van der Waals surface area contributed by atoms with Gasteiger partial charge in [0.25, 0.3) is 11.8 Å². The molecule has 4 amide bonds. The molecule has 0 unspecified atom stereocenters. The van der Waals surface area contributed by atoms with Crippen LogP contribution in [0.25, 0.3) is 0 Å². The number of imide groups is 1. The van der Waals surface area contributed by atoms with Gasteiger partial charge in [0.05, 0.1) is 0 Å². The Kier molecular flexibility index (Phi) is 7.08. The molecule has 9 heteroatoms. The van der Waals surface area contributed by atoms with Gasteiger partial charge in [-0.2, -0.15) is 0 Å². The molecule has 1 aromatic carbocycles. The summed E-state index contributed by atoms with van der Waals surface area (Å²) in [5.74, 6) is -2.39. The van der Waals surface area contributed by atoms with Crippen molar-refractivity contribution in [3.8, 4) is 0 Å². The van der Waals surface area contributed by atoms with Crippen LogP contribution >= 0.6 is 0 Å². The fraction of sp³-hybridized carbons (Fsp3) is 0.474. The van der Waals surface area contributed by atoms with Gasteiger partial charge in [0.2, 0.25) is 0 Å².